The highest BCUT2D eigenvalue weighted by molar-refractivity contribution is 5.70. The SMILES string of the molecule is C/C(=C\C=C\[C@@H](C)COC(=O)N1CCC[C@H]1CF)[C@H]1OC(=O)C[C@H](C)CC[C@H](C)[C@@H](OC(=O)N2CCN(C3CCCCCC3)CC2)/C=C/[C@@H]1C. The predicted molar refractivity (Wildman–Crippen MR) is 194 cm³/mol. The van der Waals surface area contributed by atoms with E-state index < -0.39 is 18.9 Å². The number of nitrogens with zero attached hydrogens (tertiary/aromatic N) is 3. The van der Waals surface area contributed by atoms with Gasteiger partial charge in [-0.3, -0.25) is 9.69 Å². The molecule has 1 saturated carbocycles. The fourth-order valence-corrected chi connectivity index (χ4v) is 7.79. The van der Waals surface area contributed by atoms with Crippen LogP contribution in [-0.4, -0.2) is 103 Å². The van der Waals surface area contributed by atoms with Crippen LogP contribution >= 0.6 is 0 Å². The largest absolute Gasteiger partial charge is 0.457 e. The van der Waals surface area contributed by atoms with E-state index in [2.05, 4.69) is 18.7 Å². The standard InChI is InChI=1S/C40H64FN3O6/c1-29-17-18-31(3)36(49-39(46)43-24-22-42(23-25-43)34-14-8-6-7-9-15-34)20-19-33(5)38(50-37(45)26-29)32(4)13-10-12-30(2)28-48-40(47)44-21-11-16-35(44)27-41/h10,12-13,19-20,29-31,33-36,38H,6-9,11,14-18,21-28H2,1-5H3/b12-10+,20-19+,32-13+/t29-,30-,31+,33+,35+,36+,38-/m1/s1. The van der Waals surface area contributed by atoms with Crippen LogP contribution in [0.25, 0.3) is 0 Å². The fraction of sp³-hybridized carbons (Fsp3) is 0.775. The van der Waals surface area contributed by atoms with Gasteiger partial charge in [-0.2, -0.15) is 0 Å². The van der Waals surface area contributed by atoms with Crippen molar-refractivity contribution in [3.63, 3.8) is 0 Å². The molecule has 3 heterocycles. The summed E-state index contributed by atoms with van der Waals surface area (Å²) in [7, 11) is 0. The van der Waals surface area contributed by atoms with Gasteiger partial charge in [-0.15, -0.1) is 0 Å². The summed E-state index contributed by atoms with van der Waals surface area (Å²) in [5.74, 6) is -0.173. The number of carbonyl (C=O) groups is 3. The van der Waals surface area contributed by atoms with Crippen LogP contribution < -0.4 is 0 Å². The summed E-state index contributed by atoms with van der Waals surface area (Å²) in [6.07, 6.45) is 19.6. The van der Waals surface area contributed by atoms with Gasteiger partial charge in [0.15, 0.2) is 0 Å². The van der Waals surface area contributed by atoms with Gasteiger partial charge in [-0.1, -0.05) is 77.7 Å². The first-order chi connectivity index (χ1) is 24.0. The second-order valence-electron chi connectivity index (χ2n) is 15.5. The predicted octanol–water partition coefficient (Wildman–Crippen LogP) is 8.10. The summed E-state index contributed by atoms with van der Waals surface area (Å²) >= 11 is 0. The molecule has 0 radical (unpaired) electrons. The lowest BCUT2D eigenvalue weighted by atomic mass is 9.90. The Morgan fingerprint density at radius 1 is 0.940 bits per heavy atom. The van der Waals surface area contributed by atoms with E-state index in [4.69, 9.17) is 14.2 Å². The van der Waals surface area contributed by atoms with Gasteiger partial charge < -0.3 is 24.0 Å². The smallest absolute Gasteiger partial charge is 0.410 e. The van der Waals surface area contributed by atoms with Crippen LogP contribution in [0.5, 0.6) is 0 Å². The number of piperazine rings is 1. The van der Waals surface area contributed by atoms with E-state index in [0.717, 1.165) is 37.9 Å². The normalized spacial score (nSPS) is 31.3. The average Bonchev–Trinajstić information content (AvgIpc) is 3.43. The molecular formula is C40H64FN3O6. The molecule has 10 heteroatoms. The molecule has 0 spiro atoms. The summed E-state index contributed by atoms with van der Waals surface area (Å²) < 4.78 is 30.9. The van der Waals surface area contributed by atoms with Crippen LogP contribution in [0.1, 0.15) is 105 Å². The molecule has 0 aromatic rings. The number of cyclic esters (lactones) is 1. The van der Waals surface area contributed by atoms with Crippen molar-refractivity contribution < 1.29 is 33.0 Å². The number of carbonyl (C=O) groups excluding carboxylic acids is 3. The number of ether oxygens (including phenoxy) is 3. The summed E-state index contributed by atoms with van der Waals surface area (Å²) in [5, 5.41) is 0. The lowest BCUT2D eigenvalue weighted by Crippen LogP contribution is -2.52. The molecule has 0 unspecified atom stereocenters. The molecular weight excluding hydrogens is 637 g/mol. The minimum atomic E-state index is -0.546. The number of hydrogen-bond acceptors (Lipinski definition) is 7. The van der Waals surface area contributed by atoms with Crippen LogP contribution in [0.2, 0.25) is 0 Å². The minimum absolute atomic E-state index is 0.0526. The van der Waals surface area contributed by atoms with Gasteiger partial charge in [0.2, 0.25) is 0 Å². The zero-order chi connectivity index (χ0) is 36.0. The Morgan fingerprint density at radius 2 is 1.66 bits per heavy atom. The second-order valence-corrected chi connectivity index (χ2v) is 15.5. The summed E-state index contributed by atoms with van der Waals surface area (Å²) in [5.41, 5.74) is 0.886. The molecule has 2 saturated heterocycles. The molecule has 1 aliphatic carbocycles. The van der Waals surface area contributed by atoms with E-state index in [1.54, 1.807) is 0 Å². The maximum absolute atomic E-state index is 13.5. The molecule has 7 atom stereocenters. The van der Waals surface area contributed by atoms with Crippen LogP contribution in [0.3, 0.4) is 0 Å². The first kappa shape index (κ1) is 39.9. The molecule has 282 valence electrons. The lowest BCUT2D eigenvalue weighted by molar-refractivity contribution is -0.149. The quantitative estimate of drug-likeness (QED) is 0.0831. The molecule has 3 aliphatic heterocycles. The highest BCUT2D eigenvalue weighted by Crippen LogP contribution is 2.28. The van der Waals surface area contributed by atoms with Gasteiger partial charge >= 0.3 is 18.2 Å². The molecule has 0 N–H and O–H groups in total. The number of halogens is 1. The molecule has 0 bridgehead atoms. The lowest BCUT2D eigenvalue weighted by Gasteiger charge is -2.39. The molecule has 0 aromatic heterocycles. The Labute approximate surface area is 300 Å². The highest BCUT2D eigenvalue weighted by Gasteiger charge is 2.32. The Hall–Kier alpha value is -2.88. The van der Waals surface area contributed by atoms with Gasteiger partial charge in [0.25, 0.3) is 0 Å². The third-order valence-electron chi connectivity index (χ3n) is 11.2. The van der Waals surface area contributed by atoms with Gasteiger partial charge in [0.05, 0.1) is 12.6 Å². The maximum atomic E-state index is 13.5. The van der Waals surface area contributed by atoms with Crippen molar-refractivity contribution in [2.75, 3.05) is 46.0 Å². The van der Waals surface area contributed by atoms with E-state index in [9.17, 15) is 18.8 Å². The van der Waals surface area contributed by atoms with E-state index in [1.807, 2.05) is 56.1 Å². The summed E-state index contributed by atoms with van der Waals surface area (Å²) in [6.45, 7) is 13.5. The third kappa shape index (κ3) is 12.1. The molecule has 50 heavy (non-hydrogen) atoms. The Morgan fingerprint density at radius 3 is 2.36 bits per heavy atom. The number of likely N-dealkylation sites (tertiary alicyclic amines) is 1. The van der Waals surface area contributed by atoms with E-state index in [-0.39, 0.29) is 54.5 Å². The van der Waals surface area contributed by atoms with Crippen molar-refractivity contribution >= 4 is 18.2 Å². The first-order valence-electron chi connectivity index (χ1n) is 19.5. The topological polar surface area (TPSA) is 88.6 Å². The average molecular weight is 702 g/mol. The van der Waals surface area contributed by atoms with Crippen LogP contribution in [0.4, 0.5) is 14.0 Å². The summed E-state index contributed by atoms with van der Waals surface area (Å²) in [6, 6.07) is 0.266. The minimum Gasteiger partial charge on any atom is -0.457 e. The summed E-state index contributed by atoms with van der Waals surface area (Å²) in [4.78, 5) is 44.8. The second kappa shape index (κ2) is 20.2. The monoisotopic (exact) mass is 701 g/mol. The van der Waals surface area contributed by atoms with Crippen LogP contribution in [-0.2, 0) is 19.0 Å². The maximum Gasteiger partial charge on any atom is 0.410 e. The number of hydrogen-bond donors (Lipinski definition) is 0. The Kier molecular flexibility index (Phi) is 16.1. The van der Waals surface area contributed by atoms with Crippen molar-refractivity contribution in [3.05, 3.63) is 36.0 Å². The van der Waals surface area contributed by atoms with Crippen LogP contribution in [0.15, 0.2) is 36.0 Å². The van der Waals surface area contributed by atoms with Gasteiger partial charge in [-0.05, 0) is 68.9 Å². The Bertz CT molecular complexity index is 1180. The van der Waals surface area contributed by atoms with Gasteiger partial charge in [0.1, 0.15) is 18.9 Å². The zero-order valence-corrected chi connectivity index (χ0v) is 31.4. The van der Waals surface area contributed by atoms with Crippen LogP contribution in [0, 0.1) is 23.7 Å². The van der Waals surface area contributed by atoms with Gasteiger partial charge in [0, 0.05) is 57.0 Å². The van der Waals surface area contributed by atoms with Crippen molar-refractivity contribution in [2.24, 2.45) is 23.7 Å². The fourth-order valence-electron chi connectivity index (χ4n) is 7.79. The molecule has 4 aliphatic rings. The number of alkyl halides is 1. The third-order valence-corrected chi connectivity index (χ3v) is 11.2. The molecule has 9 nitrogen and oxygen atoms in total. The number of esters is 1. The first-order valence-corrected chi connectivity index (χ1v) is 19.5. The molecule has 3 fully saturated rings. The zero-order valence-electron chi connectivity index (χ0n) is 31.4. The van der Waals surface area contributed by atoms with Crippen molar-refractivity contribution in [1.29, 1.82) is 0 Å². The van der Waals surface area contributed by atoms with Gasteiger partial charge in [-0.25, -0.2) is 14.0 Å². The van der Waals surface area contributed by atoms with E-state index in [1.165, 1.54) is 43.4 Å². The van der Waals surface area contributed by atoms with Crippen molar-refractivity contribution in [1.82, 2.24) is 14.7 Å². The molecule has 4 rings (SSSR count). The van der Waals surface area contributed by atoms with E-state index in [0.29, 0.717) is 38.5 Å². The van der Waals surface area contributed by atoms with Crippen molar-refractivity contribution in [3.8, 4) is 0 Å². The number of amides is 2. The highest BCUT2D eigenvalue weighted by atomic mass is 19.1. The Balaban J connectivity index is 1.36. The van der Waals surface area contributed by atoms with E-state index >= 15 is 0 Å². The van der Waals surface area contributed by atoms with Crippen molar-refractivity contribution in [2.45, 2.75) is 130 Å². The number of rotatable bonds is 8. The number of allylic oxidation sites excluding steroid dienone is 2. The molecule has 0 aromatic carbocycles. The molecule has 2 amide bonds.